The lowest BCUT2D eigenvalue weighted by atomic mass is 10.1. The number of ether oxygens (including phenoxy) is 2. The Morgan fingerprint density at radius 2 is 2.17 bits per heavy atom. The summed E-state index contributed by atoms with van der Waals surface area (Å²) in [5, 5.41) is 11.9. The fourth-order valence-corrected chi connectivity index (χ4v) is 5.92. The predicted molar refractivity (Wildman–Crippen MR) is 144 cm³/mol. The minimum atomic E-state index is -4.15. The van der Waals surface area contributed by atoms with E-state index in [1.807, 2.05) is 0 Å². The van der Waals surface area contributed by atoms with Gasteiger partial charge in [-0.3, -0.25) is 23.7 Å². The van der Waals surface area contributed by atoms with Gasteiger partial charge in [0.1, 0.15) is 18.1 Å². The van der Waals surface area contributed by atoms with Crippen molar-refractivity contribution in [1.29, 1.82) is 0 Å². The molecular formula is C25H31N6O8P. The summed E-state index contributed by atoms with van der Waals surface area (Å²) in [5.74, 6) is -1.01. The van der Waals surface area contributed by atoms with Crippen molar-refractivity contribution in [3.05, 3.63) is 52.6 Å². The van der Waals surface area contributed by atoms with Crippen molar-refractivity contribution >= 4 is 37.0 Å². The van der Waals surface area contributed by atoms with Crippen molar-refractivity contribution in [2.45, 2.75) is 44.9 Å². The van der Waals surface area contributed by atoms with Crippen LogP contribution in [0.25, 0.3) is 17.4 Å². The SMILES string of the molecule is C[C@H](NP(=O)(OCC1(COC2CCCCO2)C/C1=C/n1cnc2c(=O)[nH]c(N)nc21)Oc1ccccc1)C(=O)O. The molecule has 0 bridgehead atoms. The van der Waals surface area contributed by atoms with Gasteiger partial charge < -0.3 is 24.8 Å². The van der Waals surface area contributed by atoms with Crippen molar-refractivity contribution in [2.24, 2.45) is 5.41 Å². The topological polar surface area (TPSA) is 193 Å². The number of carbonyl (C=O) groups is 1. The summed E-state index contributed by atoms with van der Waals surface area (Å²) >= 11 is 0. The van der Waals surface area contributed by atoms with Gasteiger partial charge in [0, 0.05) is 18.2 Å². The summed E-state index contributed by atoms with van der Waals surface area (Å²) in [6, 6.07) is 7.14. The Morgan fingerprint density at radius 3 is 2.90 bits per heavy atom. The summed E-state index contributed by atoms with van der Waals surface area (Å²) in [7, 11) is -4.15. The summed E-state index contributed by atoms with van der Waals surface area (Å²) in [6.45, 7) is 2.03. The second-order valence-electron chi connectivity index (χ2n) is 9.86. The Labute approximate surface area is 229 Å². The van der Waals surface area contributed by atoms with E-state index in [9.17, 15) is 19.3 Å². The standard InChI is InChI=1S/C25H31N6O8P/c1-16(23(33)34)30-40(35,39-18-7-3-2-4-8-18)38-14-25(13-37-19-9-5-6-10-36-19)11-17(25)12-31-15-27-20-21(31)28-24(26)29-22(20)32/h2-4,7-8,12,15-16,19H,5-6,9-11,13-14H2,1H3,(H,30,35)(H,33,34)(H3,26,28,29,32)/b17-12-/t16-,19?,25?,40?/m0/s1. The van der Waals surface area contributed by atoms with Gasteiger partial charge in [-0.25, -0.2) is 9.55 Å². The lowest BCUT2D eigenvalue weighted by Gasteiger charge is -2.27. The third kappa shape index (κ3) is 6.43. The number of carboxylic acids is 1. The number of imidazole rings is 1. The molecule has 14 nitrogen and oxygen atoms in total. The van der Waals surface area contributed by atoms with Gasteiger partial charge in [0.15, 0.2) is 17.5 Å². The van der Waals surface area contributed by atoms with Crippen LogP contribution >= 0.6 is 7.75 Å². The Kier molecular flexibility index (Phi) is 8.06. The summed E-state index contributed by atoms with van der Waals surface area (Å²) in [5.41, 5.74) is 5.80. The first-order chi connectivity index (χ1) is 19.2. The lowest BCUT2D eigenvalue weighted by molar-refractivity contribution is -0.171. The first kappa shape index (κ1) is 28.0. The highest BCUT2D eigenvalue weighted by atomic mass is 31.2. The molecule has 1 aliphatic carbocycles. The van der Waals surface area contributed by atoms with Gasteiger partial charge in [-0.2, -0.15) is 10.1 Å². The van der Waals surface area contributed by atoms with Crippen LogP contribution in [-0.2, 0) is 23.4 Å². The second kappa shape index (κ2) is 11.5. The van der Waals surface area contributed by atoms with E-state index in [0.29, 0.717) is 13.0 Å². The maximum absolute atomic E-state index is 13.8. The second-order valence-corrected chi connectivity index (χ2v) is 11.6. The number of hydrogen-bond donors (Lipinski definition) is 4. The van der Waals surface area contributed by atoms with Crippen LogP contribution < -0.4 is 20.9 Å². The van der Waals surface area contributed by atoms with Crippen LogP contribution in [-0.4, -0.2) is 62.7 Å². The Bertz CT molecular complexity index is 1500. The van der Waals surface area contributed by atoms with Gasteiger partial charge in [-0.05, 0) is 50.3 Å². The molecule has 5 N–H and O–H groups in total. The first-order valence-corrected chi connectivity index (χ1v) is 14.4. The van der Waals surface area contributed by atoms with E-state index in [2.05, 4.69) is 20.0 Å². The smallest absolute Gasteiger partial charge is 0.459 e. The number of aliphatic carboxylic acids is 1. The van der Waals surface area contributed by atoms with Crippen LogP contribution in [0.15, 0.2) is 47.0 Å². The van der Waals surface area contributed by atoms with Crippen LogP contribution in [0.5, 0.6) is 5.75 Å². The number of nitrogens with one attached hydrogen (secondary N) is 2. The predicted octanol–water partition coefficient (Wildman–Crippen LogP) is 2.74. The van der Waals surface area contributed by atoms with E-state index in [0.717, 1.165) is 24.8 Å². The number of benzene rings is 1. The number of nitrogens with zero attached hydrogens (tertiary/aromatic N) is 3. The van der Waals surface area contributed by atoms with Crippen molar-refractivity contribution in [2.75, 3.05) is 25.6 Å². The number of nitrogen functional groups attached to an aromatic ring is 1. The van der Waals surface area contributed by atoms with Gasteiger partial charge in [-0.1, -0.05) is 18.2 Å². The average molecular weight is 575 g/mol. The average Bonchev–Trinajstić information content (AvgIpc) is 3.46. The molecule has 214 valence electrons. The first-order valence-electron chi connectivity index (χ1n) is 12.8. The van der Waals surface area contributed by atoms with Crippen LogP contribution in [0, 0.1) is 5.41 Å². The van der Waals surface area contributed by atoms with Crippen LogP contribution in [0.1, 0.15) is 32.6 Å². The molecule has 40 heavy (non-hydrogen) atoms. The molecule has 2 fully saturated rings. The van der Waals surface area contributed by atoms with Gasteiger partial charge in [0.25, 0.3) is 5.56 Å². The van der Waals surface area contributed by atoms with Crippen LogP contribution in [0.2, 0.25) is 0 Å². The van der Waals surface area contributed by atoms with Gasteiger partial charge in [0.2, 0.25) is 5.95 Å². The monoisotopic (exact) mass is 574 g/mol. The highest BCUT2D eigenvalue weighted by Gasteiger charge is 2.52. The number of H-pyrrole nitrogens is 1. The van der Waals surface area contributed by atoms with E-state index in [1.165, 1.54) is 13.3 Å². The van der Waals surface area contributed by atoms with E-state index in [1.54, 1.807) is 41.1 Å². The summed E-state index contributed by atoms with van der Waals surface area (Å²) in [4.78, 5) is 34.5. The molecule has 1 aromatic carbocycles. The number of rotatable bonds is 12. The Balaban J connectivity index is 1.40. The molecular weight excluding hydrogens is 543 g/mol. The fraction of sp³-hybridized carbons (Fsp3) is 0.440. The number of anilines is 1. The number of hydrogen-bond acceptors (Lipinski definition) is 10. The number of fused-ring (bicyclic) bond motifs is 1. The van der Waals surface area contributed by atoms with E-state index < -0.39 is 30.7 Å². The number of carboxylic acid groups (broad SMARTS) is 1. The molecule has 4 atom stereocenters. The molecule has 1 saturated carbocycles. The van der Waals surface area contributed by atoms with Gasteiger partial charge >= 0.3 is 13.7 Å². The fourth-order valence-electron chi connectivity index (χ4n) is 4.34. The molecule has 15 heteroatoms. The molecule has 2 aromatic heterocycles. The molecule has 3 unspecified atom stereocenters. The zero-order valence-electron chi connectivity index (χ0n) is 21.8. The van der Waals surface area contributed by atoms with Crippen molar-refractivity contribution in [3.8, 4) is 5.75 Å². The molecule has 1 aliphatic heterocycles. The third-order valence-corrected chi connectivity index (χ3v) is 8.34. The molecule has 3 heterocycles. The van der Waals surface area contributed by atoms with Crippen molar-refractivity contribution in [1.82, 2.24) is 24.6 Å². The van der Waals surface area contributed by atoms with Crippen molar-refractivity contribution in [3.63, 3.8) is 0 Å². The minimum Gasteiger partial charge on any atom is -0.480 e. The third-order valence-electron chi connectivity index (χ3n) is 6.72. The summed E-state index contributed by atoms with van der Waals surface area (Å²) in [6.07, 6.45) is 6.03. The van der Waals surface area contributed by atoms with Crippen LogP contribution in [0.3, 0.4) is 0 Å². The van der Waals surface area contributed by atoms with Crippen LogP contribution in [0.4, 0.5) is 5.95 Å². The van der Waals surface area contributed by atoms with E-state index in [-0.39, 0.29) is 42.4 Å². The highest BCUT2D eigenvalue weighted by molar-refractivity contribution is 7.52. The molecule has 3 aromatic rings. The molecule has 0 spiro atoms. The van der Waals surface area contributed by atoms with E-state index in [4.69, 9.17) is 24.3 Å². The molecule has 0 amide bonds. The molecule has 2 aliphatic rings. The van der Waals surface area contributed by atoms with Gasteiger partial charge in [0.05, 0.1) is 13.2 Å². The Hall–Kier alpha value is -3.55. The quantitative estimate of drug-likeness (QED) is 0.232. The maximum atomic E-state index is 13.8. The Morgan fingerprint density at radius 1 is 1.38 bits per heavy atom. The van der Waals surface area contributed by atoms with Crippen molar-refractivity contribution < 1.29 is 33.0 Å². The number of aromatic amines is 1. The van der Waals surface area contributed by atoms with E-state index >= 15 is 0 Å². The zero-order chi connectivity index (χ0) is 28.3. The zero-order valence-corrected chi connectivity index (χ0v) is 22.7. The molecule has 0 radical (unpaired) electrons. The molecule has 1 saturated heterocycles. The normalized spacial score (nSPS) is 24.0. The van der Waals surface area contributed by atoms with Gasteiger partial charge in [-0.15, -0.1) is 0 Å². The lowest BCUT2D eigenvalue weighted by Crippen LogP contribution is -2.34. The maximum Gasteiger partial charge on any atom is 0.459 e. The summed E-state index contributed by atoms with van der Waals surface area (Å²) < 4.78 is 38.7. The molecule has 5 rings (SSSR count). The number of aromatic nitrogens is 4. The largest absolute Gasteiger partial charge is 0.480 e. The number of nitrogens with two attached hydrogens (primary N) is 1. The number of para-hydroxylation sites is 1. The minimum absolute atomic E-state index is 0.0431. The highest BCUT2D eigenvalue weighted by Crippen LogP contribution is 2.56.